The van der Waals surface area contributed by atoms with E-state index >= 15 is 0 Å². The average molecular weight is 538 g/mol. The first kappa shape index (κ1) is 27.7. The Labute approximate surface area is 212 Å². The van der Waals surface area contributed by atoms with Gasteiger partial charge in [0, 0.05) is 33.3 Å². The molecule has 1 saturated heterocycles. The maximum Gasteiger partial charge on any atom is 0.248 e. The second-order valence-corrected chi connectivity index (χ2v) is 12.4. The Morgan fingerprint density at radius 1 is 0.944 bits per heavy atom. The molecule has 2 aromatic rings. The third-order valence-corrected chi connectivity index (χ3v) is 9.49. The summed E-state index contributed by atoms with van der Waals surface area (Å²) >= 11 is 0. The summed E-state index contributed by atoms with van der Waals surface area (Å²) in [5.74, 6) is -0.0383. The molecule has 1 aliphatic heterocycles. The molecule has 0 saturated carbocycles. The number of nitrogens with zero attached hydrogens (tertiary/aromatic N) is 2. The topological polar surface area (TPSA) is 122 Å². The van der Waals surface area contributed by atoms with E-state index in [9.17, 15) is 21.6 Å². The molecule has 3 rings (SSSR count). The standard InChI is InChI=1S/C24H31N3O7S2/c1-26(2)35(29,30)19-10-12-21(33-3)20(17-19)25-24(28)13-9-18-8-11-22(34-4)23(16-18)36(31,32)27-14-6-5-7-15-27/h8-13,16-17H,5-7,14-15H2,1-4H3,(H,25,28)/b13-9+. The van der Waals surface area contributed by atoms with Crippen molar-refractivity contribution in [3.63, 3.8) is 0 Å². The van der Waals surface area contributed by atoms with Gasteiger partial charge in [0.2, 0.25) is 26.0 Å². The lowest BCUT2D eigenvalue weighted by Crippen LogP contribution is -2.35. The highest BCUT2D eigenvalue weighted by atomic mass is 32.2. The van der Waals surface area contributed by atoms with Crippen molar-refractivity contribution in [2.45, 2.75) is 29.1 Å². The Bertz CT molecular complexity index is 1350. The van der Waals surface area contributed by atoms with E-state index in [-0.39, 0.29) is 27.0 Å². The van der Waals surface area contributed by atoms with Gasteiger partial charge >= 0.3 is 0 Å². The van der Waals surface area contributed by atoms with E-state index in [2.05, 4.69) is 5.32 Å². The molecule has 0 radical (unpaired) electrons. The van der Waals surface area contributed by atoms with E-state index in [0.29, 0.717) is 18.7 Å². The Balaban J connectivity index is 1.85. The molecule has 0 spiro atoms. The Hall–Kier alpha value is -2.93. The molecule has 1 heterocycles. The molecule has 10 nitrogen and oxygen atoms in total. The van der Waals surface area contributed by atoms with Gasteiger partial charge in [-0.1, -0.05) is 12.5 Å². The fraction of sp³-hybridized carbons (Fsp3) is 0.375. The van der Waals surface area contributed by atoms with Crippen molar-refractivity contribution in [1.29, 1.82) is 0 Å². The highest BCUT2D eigenvalue weighted by molar-refractivity contribution is 7.89. The second kappa shape index (κ2) is 11.4. The Morgan fingerprint density at radius 3 is 2.19 bits per heavy atom. The van der Waals surface area contributed by atoms with Crippen molar-refractivity contribution < 1.29 is 31.1 Å². The molecule has 0 unspecified atom stereocenters. The molecule has 0 aliphatic carbocycles. The van der Waals surface area contributed by atoms with Gasteiger partial charge in [-0.2, -0.15) is 4.31 Å². The van der Waals surface area contributed by atoms with Crippen molar-refractivity contribution in [2.24, 2.45) is 0 Å². The zero-order chi connectivity index (χ0) is 26.5. The van der Waals surface area contributed by atoms with Gasteiger partial charge in [-0.15, -0.1) is 0 Å². The quantitative estimate of drug-likeness (QED) is 0.488. The van der Waals surface area contributed by atoms with Crippen LogP contribution in [0, 0.1) is 0 Å². The largest absolute Gasteiger partial charge is 0.495 e. The molecular weight excluding hydrogens is 506 g/mol. The fourth-order valence-corrected chi connectivity index (χ4v) is 6.38. The van der Waals surface area contributed by atoms with Gasteiger partial charge in [0.25, 0.3) is 0 Å². The lowest BCUT2D eigenvalue weighted by atomic mass is 10.2. The van der Waals surface area contributed by atoms with Gasteiger partial charge in [-0.3, -0.25) is 4.79 Å². The first-order chi connectivity index (χ1) is 17.0. The third-order valence-electron chi connectivity index (χ3n) is 5.76. The van der Waals surface area contributed by atoms with Crippen LogP contribution in [0.5, 0.6) is 11.5 Å². The van der Waals surface area contributed by atoms with Crippen LogP contribution in [0.2, 0.25) is 0 Å². The number of nitrogens with one attached hydrogen (secondary N) is 1. The third kappa shape index (κ3) is 6.06. The highest BCUT2D eigenvalue weighted by Gasteiger charge is 2.29. The summed E-state index contributed by atoms with van der Waals surface area (Å²) in [6.07, 6.45) is 5.31. The molecule has 0 aromatic heterocycles. The molecule has 12 heteroatoms. The molecular formula is C24H31N3O7S2. The van der Waals surface area contributed by atoms with E-state index < -0.39 is 26.0 Å². The summed E-state index contributed by atoms with van der Waals surface area (Å²) in [5.41, 5.74) is 0.663. The van der Waals surface area contributed by atoms with E-state index in [1.807, 2.05) is 0 Å². The Kier molecular flexibility index (Phi) is 8.77. The van der Waals surface area contributed by atoms with Crippen molar-refractivity contribution >= 4 is 37.7 Å². The van der Waals surface area contributed by atoms with Gasteiger partial charge < -0.3 is 14.8 Å². The maximum absolute atomic E-state index is 13.2. The minimum Gasteiger partial charge on any atom is -0.495 e. The number of methoxy groups -OCH3 is 2. The number of hydrogen-bond acceptors (Lipinski definition) is 7. The second-order valence-electron chi connectivity index (χ2n) is 8.35. The number of ether oxygens (including phenoxy) is 2. The SMILES string of the molecule is COc1ccc(S(=O)(=O)N(C)C)cc1NC(=O)/C=C/c1ccc(OC)c(S(=O)(=O)N2CCCCC2)c1. The van der Waals surface area contributed by atoms with Crippen LogP contribution in [0.1, 0.15) is 24.8 Å². The number of rotatable bonds is 9. The van der Waals surface area contributed by atoms with Crippen molar-refractivity contribution in [2.75, 3.05) is 46.7 Å². The van der Waals surface area contributed by atoms with Gasteiger partial charge in [0.1, 0.15) is 16.4 Å². The Morgan fingerprint density at radius 2 is 1.58 bits per heavy atom. The lowest BCUT2D eigenvalue weighted by molar-refractivity contribution is -0.111. The van der Waals surface area contributed by atoms with Crippen LogP contribution in [0.25, 0.3) is 6.08 Å². The molecule has 2 aromatic carbocycles. The van der Waals surface area contributed by atoms with E-state index in [4.69, 9.17) is 9.47 Å². The number of carbonyl (C=O) groups excluding carboxylic acids is 1. The van der Waals surface area contributed by atoms with Crippen LogP contribution in [0.15, 0.2) is 52.3 Å². The molecule has 0 bridgehead atoms. The maximum atomic E-state index is 13.2. The van der Waals surface area contributed by atoms with Crippen LogP contribution >= 0.6 is 0 Å². The summed E-state index contributed by atoms with van der Waals surface area (Å²) in [4.78, 5) is 12.7. The highest BCUT2D eigenvalue weighted by Crippen LogP contribution is 2.31. The number of hydrogen-bond donors (Lipinski definition) is 1. The van der Waals surface area contributed by atoms with Crippen molar-refractivity contribution in [3.05, 3.63) is 48.0 Å². The van der Waals surface area contributed by atoms with Gasteiger partial charge in [-0.25, -0.2) is 21.1 Å². The normalized spacial score (nSPS) is 15.2. The van der Waals surface area contributed by atoms with Gasteiger partial charge in [0.05, 0.1) is 24.8 Å². The number of carbonyl (C=O) groups is 1. The predicted molar refractivity (Wildman–Crippen MR) is 137 cm³/mol. The number of piperidine rings is 1. The van der Waals surface area contributed by atoms with Crippen molar-refractivity contribution in [1.82, 2.24) is 8.61 Å². The predicted octanol–water partition coefficient (Wildman–Crippen LogP) is 2.78. The summed E-state index contributed by atoms with van der Waals surface area (Å²) < 4.78 is 64.4. The van der Waals surface area contributed by atoms with E-state index in [1.165, 1.54) is 69.0 Å². The summed E-state index contributed by atoms with van der Waals surface area (Å²) in [5, 5.41) is 2.62. The zero-order valence-electron chi connectivity index (χ0n) is 20.7. The number of sulfonamides is 2. The zero-order valence-corrected chi connectivity index (χ0v) is 22.4. The smallest absolute Gasteiger partial charge is 0.248 e. The number of benzene rings is 2. The average Bonchev–Trinajstić information content (AvgIpc) is 2.87. The summed E-state index contributed by atoms with van der Waals surface area (Å²) in [6, 6.07) is 8.82. The monoisotopic (exact) mass is 537 g/mol. The lowest BCUT2D eigenvalue weighted by Gasteiger charge is -2.26. The van der Waals surface area contributed by atoms with Crippen LogP contribution in [0.3, 0.4) is 0 Å². The molecule has 1 N–H and O–H groups in total. The van der Waals surface area contributed by atoms with Crippen LogP contribution in [-0.2, 0) is 24.8 Å². The molecule has 1 amide bonds. The summed E-state index contributed by atoms with van der Waals surface area (Å²) in [7, 11) is -1.83. The van der Waals surface area contributed by atoms with Crippen molar-refractivity contribution in [3.8, 4) is 11.5 Å². The summed E-state index contributed by atoms with van der Waals surface area (Å²) in [6.45, 7) is 0.913. The first-order valence-electron chi connectivity index (χ1n) is 11.3. The number of anilines is 1. The van der Waals surface area contributed by atoms with Crippen LogP contribution in [0.4, 0.5) is 5.69 Å². The van der Waals surface area contributed by atoms with Crippen LogP contribution in [-0.4, -0.2) is 72.8 Å². The first-order valence-corrected chi connectivity index (χ1v) is 14.2. The number of amides is 1. The molecule has 36 heavy (non-hydrogen) atoms. The molecule has 196 valence electrons. The van der Waals surface area contributed by atoms with Crippen LogP contribution < -0.4 is 14.8 Å². The molecule has 1 fully saturated rings. The van der Waals surface area contributed by atoms with E-state index in [0.717, 1.165) is 23.6 Å². The minimum absolute atomic E-state index is 0.00436. The minimum atomic E-state index is -3.75. The van der Waals surface area contributed by atoms with E-state index in [1.54, 1.807) is 12.1 Å². The molecule has 0 atom stereocenters. The van der Waals surface area contributed by atoms with Gasteiger partial charge in [-0.05, 0) is 54.8 Å². The fourth-order valence-electron chi connectivity index (χ4n) is 3.75. The molecule has 1 aliphatic rings. The van der Waals surface area contributed by atoms with Gasteiger partial charge in [0.15, 0.2) is 0 Å².